The molecule has 1 aromatic heterocycles. The number of carbonyl (C=O) groups is 1. The van der Waals surface area contributed by atoms with Crippen molar-refractivity contribution in [3.8, 4) is 11.4 Å². The summed E-state index contributed by atoms with van der Waals surface area (Å²) in [6.07, 6.45) is -0.466. The minimum absolute atomic E-state index is 0.281. The number of thiol groups is 1. The highest BCUT2D eigenvalue weighted by Crippen LogP contribution is 2.25. The van der Waals surface area contributed by atoms with Crippen molar-refractivity contribution in [3.63, 3.8) is 0 Å². The van der Waals surface area contributed by atoms with E-state index in [2.05, 4.69) is 48.3 Å². The van der Waals surface area contributed by atoms with Crippen molar-refractivity contribution >= 4 is 30.3 Å². The topological polar surface area (TPSA) is 96.3 Å². The molecule has 13 heteroatoms. The zero-order valence-electron chi connectivity index (χ0n) is 20.8. The fourth-order valence-corrected chi connectivity index (χ4v) is 4.49. The molecular formula is C25H30F3N7O2S. The van der Waals surface area contributed by atoms with Crippen LogP contribution in [0.2, 0.25) is 0 Å². The molecule has 0 aliphatic carbocycles. The van der Waals surface area contributed by atoms with E-state index in [0.29, 0.717) is 24.1 Å². The molecule has 2 aromatic carbocycles. The van der Waals surface area contributed by atoms with Crippen LogP contribution in [0.5, 0.6) is 5.75 Å². The van der Waals surface area contributed by atoms with Gasteiger partial charge in [0.25, 0.3) is 0 Å². The summed E-state index contributed by atoms with van der Waals surface area (Å²) in [4.78, 5) is 18.7. The quantitative estimate of drug-likeness (QED) is 0.228. The van der Waals surface area contributed by atoms with Crippen LogP contribution in [0.1, 0.15) is 24.8 Å². The molecule has 2 amide bonds. The first-order valence-corrected chi connectivity index (χ1v) is 12.8. The van der Waals surface area contributed by atoms with Crippen LogP contribution in [0.4, 0.5) is 29.6 Å². The number of hydrogen-bond acceptors (Lipinski definition) is 7. The molecule has 0 spiro atoms. The van der Waals surface area contributed by atoms with E-state index in [1.54, 1.807) is 0 Å². The first-order chi connectivity index (χ1) is 18.2. The van der Waals surface area contributed by atoms with Gasteiger partial charge in [-0.3, -0.25) is 0 Å². The van der Waals surface area contributed by atoms with Crippen molar-refractivity contribution in [2.75, 3.05) is 29.9 Å². The number of halogens is 3. The van der Waals surface area contributed by atoms with Gasteiger partial charge in [-0.15, -0.1) is 30.9 Å². The number of rotatable bonds is 9. The van der Waals surface area contributed by atoms with Crippen LogP contribution in [0.25, 0.3) is 5.69 Å². The molecule has 1 saturated heterocycles. The lowest BCUT2D eigenvalue weighted by Crippen LogP contribution is -2.44. The molecule has 1 unspecified atom stereocenters. The largest absolute Gasteiger partial charge is 0.573 e. The number of benzene rings is 2. The van der Waals surface area contributed by atoms with Gasteiger partial charge in [0.2, 0.25) is 5.95 Å². The zero-order valence-corrected chi connectivity index (χ0v) is 21.7. The lowest BCUT2D eigenvalue weighted by atomic mass is 9.94. The van der Waals surface area contributed by atoms with Gasteiger partial charge in [0, 0.05) is 25.3 Å². The monoisotopic (exact) mass is 549 g/mol. The van der Waals surface area contributed by atoms with Gasteiger partial charge in [-0.25, -0.2) is 9.48 Å². The molecule has 9 nitrogen and oxygen atoms in total. The van der Waals surface area contributed by atoms with Crippen molar-refractivity contribution in [1.82, 2.24) is 25.4 Å². The lowest BCUT2D eigenvalue weighted by Gasteiger charge is -2.31. The summed E-state index contributed by atoms with van der Waals surface area (Å²) in [6.45, 7) is 4.09. The maximum Gasteiger partial charge on any atom is 0.573 e. The van der Waals surface area contributed by atoms with Crippen LogP contribution in [0.15, 0.2) is 54.9 Å². The molecule has 0 saturated carbocycles. The summed E-state index contributed by atoms with van der Waals surface area (Å²) in [6, 6.07) is 13.0. The zero-order chi connectivity index (χ0) is 27.1. The number of carbonyl (C=O) groups excluding carboxylic acids is 1. The summed E-state index contributed by atoms with van der Waals surface area (Å²) in [5.41, 5.74) is 2.04. The molecule has 3 N–H and O–H groups in total. The first kappa shape index (κ1) is 27.4. The fourth-order valence-electron chi connectivity index (χ4n) is 4.23. The van der Waals surface area contributed by atoms with Crippen molar-refractivity contribution in [2.24, 2.45) is 5.92 Å². The van der Waals surface area contributed by atoms with Gasteiger partial charge >= 0.3 is 12.4 Å². The smallest absolute Gasteiger partial charge is 0.406 e. The molecule has 38 heavy (non-hydrogen) atoms. The minimum Gasteiger partial charge on any atom is -0.406 e. The number of para-hydroxylation sites is 1. The molecule has 0 bridgehead atoms. The number of hydrogen-bond donors (Lipinski definition) is 4. The third-order valence-corrected chi connectivity index (χ3v) is 6.51. The number of nitrogens with one attached hydrogen (secondary N) is 3. The van der Waals surface area contributed by atoms with Crippen LogP contribution in [-0.4, -0.2) is 52.3 Å². The van der Waals surface area contributed by atoms with Crippen molar-refractivity contribution in [3.05, 3.63) is 60.4 Å². The number of piperidine rings is 1. The molecule has 1 fully saturated rings. The van der Waals surface area contributed by atoms with Crippen molar-refractivity contribution in [1.29, 1.82) is 0 Å². The summed E-state index contributed by atoms with van der Waals surface area (Å²) < 4.78 is 42.5. The van der Waals surface area contributed by atoms with E-state index in [-0.39, 0.29) is 11.8 Å². The highest BCUT2D eigenvalue weighted by Gasteiger charge is 2.31. The van der Waals surface area contributed by atoms with E-state index in [9.17, 15) is 18.0 Å². The number of urea groups is 1. The van der Waals surface area contributed by atoms with Gasteiger partial charge < -0.3 is 25.6 Å². The number of aromatic nitrogens is 3. The summed E-state index contributed by atoms with van der Waals surface area (Å²) >= 11 is 4.39. The number of alkyl halides is 3. The average Bonchev–Trinajstić information content (AvgIpc) is 3.36. The predicted molar refractivity (Wildman–Crippen MR) is 142 cm³/mol. The molecular weight excluding hydrogens is 519 g/mol. The number of anilines is 2. The molecule has 1 aliphatic rings. The molecule has 0 radical (unpaired) electrons. The molecule has 4 rings (SSSR count). The van der Waals surface area contributed by atoms with Crippen molar-refractivity contribution < 1.29 is 22.7 Å². The van der Waals surface area contributed by atoms with E-state index in [1.807, 2.05) is 31.2 Å². The number of aryl methyl sites for hydroxylation is 1. The highest BCUT2D eigenvalue weighted by molar-refractivity contribution is 7.81. The Balaban J connectivity index is 1.16. The summed E-state index contributed by atoms with van der Waals surface area (Å²) in [7, 11) is 0. The maximum atomic E-state index is 12.3. The van der Waals surface area contributed by atoms with E-state index in [1.165, 1.54) is 35.3 Å². The summed E-state index contributed by atoms with van der Waals surface area (Å²) in [5, 5.41) is 13.3. The highest BCUT2D eigenvalue weighted by atomic mass is 32.1. The van der Waals surface area contributed by atoms with Crippen LogP contribution in [0.3, 0.4) is 0 Å². The van der Waals surface area contributed by atoms with E-state index >= 15 is 0 Å². The Morgan fingerprint density at radius 3 is 2.55 bits per heavy atom. The van der Waals surface area contributed by atoms with E-state index < -0.39 is 11.9 Å². The molecule has 204 valence electrons. The molecule has 1 atom stereocenters. The third-order valence-electron chi connectivity index (χ3n) is 6.26. The molecule has 3 aromatic rings. The standard InChI is InChI=1S/C25H30F3N7O2S/c1-17-4-2-3-5-21(17)31-24(38)32-23(36)29-13-10-18-11-14-34(15-12-18)22-30-16-35(33-22)19-6-8-20(9-7-19)37-25(26,27)28/h2-9,16,18,24,31,38H,10-15H2,1H3,(H2,29,32,36). The maximum absolute atomic E-state index is 12.3. The Morgan fingerprint density at radius 2 is 1.87 bits per heavy atom. The summed E-state index contributed by atoms with van der Waals surface area (Å²) in [5.74, 6) is 0.740. The van der Waals surface area contributed by atoms with Crippen LogP contribution < -0.4 is 25.6 Å². The van der Waals surface area contributed by atoms with Gasteiger partial charge in [0.1, 0.15) is 17.6 Å². The first-order valence-electron chi connectivity index (χ1n) is 12.2. The van der Waals surface area contributed by atoms with Crippen LogP contribution >= 0.6 is 12.6 Å². The second kappa shape index (κ2) is 12.3. The van der Waals surface area contributed by atoms with Crippen molar-refractivity contribution in [2.45, 2.75) is 38.0 Å². The number of nitrogens with zero attached hydrogens (tertiary/aromatic N) is 4. The van der Waals surface area contributed by atoms with E-state index in [4.69, 9.17) is 0 Å². The van der Waals surface area contributed by atoms with Crippen LogP contribution in [-0.2, 0) is 0 Å². The molecule has 2 heterocycles. The van der Waals surface area contributed by atoms with Gasteiger partial charge in [-0.05, 0) is 68.0 Å². The number of amides is 2. The van der Waals surface area contributed by atoms with E-state index in [0.717, 1.165) is 43.6 Å². The Kier molecular flexibility index (Phi) is 8.87. The Bertz CT molecular complexity index is 1200. The van der Waals surface area contributed by atoms with Gasteiger partial charge in [-0.1, -0.05) is 18.2 Å². The number of ether oxygens (including phenoxy) is 1. The Morgan fingerprint density at radius 1 is 1.16 bits per heavy atom. The van der Waals surface area contributed by atoms with Gasteiger partial charge in [0.05, 0.1) is 5.69 Å². The van der Waals surface area contributed by atoms with Gasteiger partial charge in [0.15, 0.2) is 0 Å². The SMILES string of the molecule is Cc1ccccc1NC(S)NC(=O)NCCC1CCN(c2ncn(-c3ccc(OC(F)(F)F)cc3)n2)CC1. The second-order valence-electron chi connectivity index (χ2n) is 9.01. The normalized spacial score (nSPS) is 15.1. The fraction of sp³-hybridized carbons (Fsp3) is 0.400. The average molecular weight is 550 g/mol. The van der Waals surface area contributed by atoms with Gasteiger partial charge in [-0.2, -0.15) is 4.98 Å². The van der Waals surface area contributed by atoms with Crippen LogP contribution in [0, 0.1) is 12.8 Å². The third kappa shape index (κ3) is 7.94. The minimum atomic E-state index is -4.73. The Hall–Kier alpha value is -3.61. The molecule has 1 aliphatic heterocycles. The Labute approximate surface area is 224 Å². The predicted octanol–water partition coefficient (Wildman–Crippen LogP) is 4.71. The lowest BCUT2D eigenvalue weighted by molar-refractivity contribution is -0.274. The second-order valence-corrected chi connectivity index (χ2v) is 9.53.